The zero-order chi connectivity index (χ0) is 21.7. The van der Waals surface area contributed by atoms with Gasteiger partial charge in [0, 0.05) is 30.7 Å². The van der Waals surface area contributed by atoms with Gasteiger partial charge in [0.15, 0.2) is 11.2 Å². The Hall–Kier alpha value is -3.69. The summed E-state index contributed by atoms with van der Waals surface area (Å²) in [4.78, 5) is 42.0. The van der Waals surface area contributed by atoms with E-state index in [1.54, 1.807) is 21.1 Å². The molecule has 9 nitrogen and oxygen atoms in total. The highest BCUT2D eigenvalue weighted by molar-refractivity contribution is 5.77. The average molecular weight is 413 g/mol. The number of hydrogen-bond acceptors (Lipinski definition) is 5. The SMILES string of the molecule is COC(=O)CCn1c(=O)c2c(nc3n(-c4ccc(F)cc4)c(C)c(C)n23)n(C)c1=O. The maximum absolute atomic E-state index is 13.4. The number of hydrogen-bond donors (Lipinski definition) is 0. The number of aryl methyl sites for hydroxylation is 2. The molecule has 1 aromatic carbocycles. The summed E-state index contributed by atoms with van der Waals surface area (Å²) < 4.78 is 23.8. The van der Waals surface area contributed by atoms with E-state index in [1.807, 2.05) is 13.8 Å². The van der Waals surface area contributed by atoms with Gasteiger partial charge in [-0.3, -0.25) is 27.7 Å². The second-order valence-corrected chi connectivity index (χ2v) is 7.03. The summed E-state index contributed by atoms with van der Waals surface area (Å²) in [5, 5.41) is 0. The predicted octanol–water partition coefficient (Wildman–Crippen LogP) is 1.46. The van der Waals surface area contributed by atoms with E-state index in [-0.39, 0.29) is 29.9 Å². The summed E-state index contributed by atoms with van der Waals surface area (Å²) in [6, 6.07) is 5.93. The first-order chi connectivity index (χ1) is 14.3. The Balaban J connectivity index is 2.05. The van der Waals surface area contributed by atoms with Gasteiger partial charge in [-0.2, -0.15) is 4.98 Å². The molecule has 0 saturated carbocycles. The molecule has 30 heavy (non-hydrogen) atoms. The molecular weight excluding hydrogens is 393 g/mol. The van der Waals surface area contributed by atoms with Crippen LogP contribution in [0.5, 0.6) is 0 Å². The van der Waals surface area contributed by atoms with Gasteiger partial charge in [0.1, 0.15) is 5.82 Å². The third-order valence-electron chi connectivity index (χ3n) is 5.37. The molecule has 156 valence electrons. The largest absolute Gasteiger partial charge is 0.469 e. The van der Waals surface area contributed by atoms with E-state index < -0.39 is 17.2 Å². The molecule has 0 aliphatic rings. The van der Waals surface area contributed by atoms with Crippen LogP contribution in [-0.4, -0.2) is 36.2 Å². The summed E-state index contributed by atoms with van der Waals surface area (Å²) in [6.07, 6.45) is -0.103. The highest BCUT2D eigenvalue weighted by atomic mass is 19.1. The van der Waals surface area contributed by atoms with Crippen LogP contribution >= 0.6 is 0 Å². The minimum Gasteiger partial charge on any atom is -0.469 e. The minimum atomic E-state index is -0.570. The number of carbonyl (C=O) groups excluding carboxylic acids is 1. The van der Waals surface area contributed by atoms with Crippen molar-refractivity contribution in [3.8, 4) is 5.69 Å². The molecule has 0 atom stereocenters. The number of benzene rings is 1. The Bertz CT molecular complexity index is 1420. The Morgan fingerprint density at radius 1 is 1.13 bits per heavy atom. The Morgan fingerprint density at radius 2 is 1.80 bits per heavy atom. The zero-order valence-electron chi connectivity index (χ0n) is 17.0. The lowest BCUT2D eigenvalue weighted by atomic mass is 10.3. The maximum atomic E-state index is 13.4. The molecule has 0 N–H and O–H groups in total. The number of ether oxygens (including phenoxy) is 1. The van der Waals surface area contributed by atoms with Gasteiger partial charge in [0.05, 0.1) is 13.5 Å². The highest BCUT2D eigenvalue weighted by Crippen LogP contribution is 2.24. The number of nitrogens with zero attached hydrogens (tertiary/aromatic N) is 5. The molecule has 3 aromatic heterocycles. The maximum Gasteiger partial charge on any atom is 0.332 e. The molecule has 10 heteroatoms. The smallest absolute Gasteiger partial charge is 0.332 e. The molecule has 3 heterocycles. The quantitative estimate of drug-likeness (QED) is 0.472. The second-order valence-electron chi connectivity index (χ2n) is 7.03. The third kappa shape index (κ3) is 2.75. The normalized spacial score (nSPS) is 11.5. The van der Waals surface area contributed by atoms with Gasteiger partial charge in [-0.15, -0.1) is 0 Å². The van der Waals surface area contributed by atoms with Crippen molar-refractivity contribution in [2.24, 2.45) is 7.05 Å². The van der Waals surface area contributed by atoms with Crippen LogP contribution < -0.4 is 11.2 Å². The van der Waals surface area contributed by atoms with Crippen molar-refractivity contribution in [1.29, 1.82) is 0 Å². The summed E-state index contributed by atoms with van der Waals surface area (Å²) >= 11 is 0. The lowest BCUT2D eigenvalue weighted by Gasteiger charge is -2.08. The van der Waals surface area contributed by atoms with Crippen molar-refractivity contribution in [3.63, 3.8) is 0 Å². The van der Waals surface area contributed by atoms with E-state index in [9.17, 15) is 18.8 Å². The molecule has 0 saturated heterocycles. The summed E-state index contributed by atoms with van der Waals surface area (Å²) in [7, 11) is 2.77. The molecule has 0 spiro atoms. The number of halogens is 1. The van der Waals surface area contributed by atoms with Crippen LogP contribution in [0, 0.1) is 19.7 Å². The van der Waals surface area contributed by atoms with Gasteiger partial charge in [0.25, 0.3) is 5.56 Å². The Morgan fingerprint density at radius 3 is 2.43 bits per heavy atom. The van der Waals surface area contributed by atoms with Crippen LogP contribution in [0.1, 0.15) is 17.8 Å². The third-order valence-corrected chi connectivity index (χ3v) is 5.37. The number of rotatable bonds is 4. The number of methoxy groups -OCH3 is 1. The van der Waals surface area contributed by atoms with Crippen LogP contribution in [0.4, 0.5) is 4.39 Å². The van der Waals surface area contributed by atoms with E-state index in [4.69, 9.17) is 0 Å². The van der Waals surface area contributed by atoms with Gasteiger partial charge in [0.2, 0.25) is 5.78 Å². The molecular formula is C20H20FN5O4. The number of carbonyl (C=O) groups is 1. The van der Waals surface area contributed by atoms with Crippen LogP contribution in [0.2, 0.25) is 0 Å². The summed E-state index contributed by atoms with van der Waals surface area (Å²) in [5.74, 6) is -0.443. The van der Waals surface area contributed by atoms with Crippen molar-refractivity contribution in [1.82, 2.24) is 23.1 Å². The first kappa shape index (κ1) is 19.6. The average Bonchev–Trinajstić information content (AvgIpc) is 3.23. The molecule has 0 fully saturated rings. The second kappa shape index (κ2) is 6.97. The summed E-state index contributed by atoms with van der Waals surface area (Å²) in [6.45, 7) is 3.61. The molecule has 0 radical (unpaired) electrons. The molecule has 0 bridgehead atoms. The minimum absolute atomic E-state index is 0.0992. The Kier molecular flexibility index (Phi) is 4.56. The van der Waals surface area contributed by atoms with Crippen LogP contribution in [-0.2, 0) is 23.1 Å². The number of aromatic nitrogens is 5. The van der Waals surface area contributed by atoms with Crippen molar-refractivity contribution < 1.29 is 13.9 Å². The van der Waals surface area contributed by atoms with Crippen molar-refractivity contribution in [2.45, 2.75) is 26.8 Å². The van der Waals surface area contributed by atoms with E-state index in [1.165, 1.54) is 30.9 Å². The van der Waals surface area contributed by atoms with Crippen molar-refractivity contribution in [2.75, 3.05) is 7.11 Å². The van der Waals surface area contributed by atoms with Gasteiger partial charge in [-0.05, 0) is 38.1 Å². The van der Waals surface area contributed by atoms with Crippen LogP contribution in [0.25, 0.3) is 22.6 Å². The lowest BCUT2D eigenvalue weighted by Crippen LogP contribution is -2.40. The van der Waals surface area contributed by atoms with E-state index in [0.29, 0.717) is 11.5 Å². The Labute approximate surface area is 169 Å². The highest BCUT2D eigenvalue weighted by Gasteiger charge is 2.23. The molecule has 0 aliphatic carbocycles. The first-order valence-electron chi connectivity index (χ1n) is 9.29. The topological polar surface area (TPSA) is 92.5 Å². The standard InChI is InChI=1S/C20H20FN5O4/c1-11-12(2)26-16-17(22-19(26)25(11)14-7-5-13(21)6-8-14)23(3)20(29)24(18(16)28)10-9-15(27)30-4/h5-8H,9-10H2,1-4H3. The lowest BCUT2D eigenvalue weighted by molar-refractivity contribution is -0.140. The van der Waals surface area contributed by atoms with Crippen LogP contribution in [0.15, 0.2) is 33.9 Å². The van der Waals surface area contributed by atoms with Crippen molar-refractivity contribution >= 4 is 22.9 Å². The van der Waals surface area contributed by atoms with E-state index in [2.05, 4.69) is 9.72 Å². The van der Waals surface area contributed by atoms with Gasteiger partial charge in [-0.25, -0.2) is 9.18 Å². The van der Waals surface area contributed by atoms with Gasteiger partial charge < -0.3 is 4.74 Å². The fourth-order valence-electron chi connectivity index (χ4n) is 3.65. The molecule has 4 aromatic rings. The fourth-order valence-corrected chi connectivity index (χ4v) is 3.65. The monoisotopic (exact) mass is 413 g/mol. The van der Waals surface area contributed by atoms with Gasteiger partial charge >= 0.3 is 11.7 Å². The predicted molar refractivity (Wildman–Crippen MR) is 108 cm³/mol. The van der Waals surface area contributed by atoms with E-state index >= 15 is 0 Å². The molecule has 0 unspecified atom stereocenters. The van der Waals surface area contributed by atoms with Crippen molar-refractivity contribution in [3.05, 3.63) is 62.3 Å². The molecule has 0 aliphatic heterocycles. The fraction of sp³-hybridized carbons (Fsp3) is 0.300. The molecule has 0 amide bonds. The number of imidazole rings is 2. The molecule has 4 rings (SSSR count). The van der Waals surface area contributed by atoms with Crippen LogP contribution in [0.3, 0.4) is 0 Å². The first-order valence-corrected chi connectivity index (χ1v) is 9.29. The van der Waals surface area contributed by atoms with Gasteiger partial charge in [-0.1, -0.05) is 0 Å². The number of fused-ring (bicyclic) bond motifs is 3. The van der Waals surface area contributed by atoms with E-state index in [0.717, 1.165) is 16.0 Å². The number of esters is 1. The zero-order valence-corrected chi connectivity index (χ0v) is 17.0. The summed E-state index contributed by atoms with van der Waals surface area (Å²) in [5.41, 5.74) is 1.61.